The number of hydrogen-bond acceptors (Lipinski definition) is 2. The van der Waals surface area contributed by atoms with E-state index in [-0.39, 0.29) is 5.91 Å². The van der Waals surface area contributed by atoms with Gasteiger partial charge in [0.05, 0.1) is 17.4 Å². The molecule has 4 nitrogen and oxygen atoms in total. The molecule has 0 aliphatic heterocycles. The van der Waals surface area contributed by atoms with Crippen LogP contribution >= 0.6 is 0 Å². The van der Waals surface area contributed by atoms with E-state index in [0.717, 1.165) is 44.2 Å². The monoisotopic (exact) mass is 293 g/mol. The Balaban J connectivity index is 2.76. The molecule has 120 valence electrons. The van der Waals surface area contributed by atoms with Crippen molar-refractivity contribution in [3.8, 4) is 0 Å². The highest BCUT2D eigenvalue weighted by Gasteiger charge is 2.38. The SMILES string of the molecule is CCCCCCC(CCCCCC)(C(N)=O)c1cnc[nH]1. The van der Waals surface area contributed by atoms with Crippen molar-refractivity contribution >= 4 is 5.91 Å². The fourth-order valence-corrected chi connectivity index (χ4v) is 3.00. The van der Waals surface area contributed by atoms with E-state index in [2.05, 4.69) is 23.8 Å². The summed E-state index contributed by atoms with van der Waals surface area (Å²) in [5.74, 6) is -0.209. The summed E-state index contributed by atoms with van der Waals surface area (Å²) in [5.41, 5.74) is 6.14. The van der Waals surface area contributed by atoms with E-state index in [4.69, 9.17) is 5.73 Å². The average molecular weight is 293 g/mol. The second-order valence-electron chi connectivity index (χ2n) is 6.03. The van der Waals surface area contributed by atoms with Crippen LogP contribution < -0.4 is 5.73 Å². The number of rotatable bonds is 12. The van der Waals surface area contributed by atoms with E-state index < -0.39 is 5.41 Å². The number of nitrogens with one attached hydrogen (secondary N) is 1. The van der Waals surface area contributed by atoms with Crippen LogP contribution in [0.3, 0.4) is 0 Å². The molecule has 0 unspecified atom stereocenters. The zero-order chi connectivity index (χ0) is 15.6. The first kappa shape index (κ1) is 17.7. The molecule has 3 N–H and O–H groups in total. The molecule has 0 radical (unpaired) electrons. The molecular weight excluding hydrogens is 262 g/mol. The zero-order valence-corrected chi connectivity index (χ0v) is 13.7. The molecule has 0 spiro atoms. The largest absolute Gasteiger partial charge is 0.369 e. The number of H-pyrrole nitrogens is 1. The summed E-state index contributed by atoms with van der Waals surface area (Å²) in [6, 6.07) is 0. The highest BCUT2D eigenvalue weighted by Crippen LogP contribution is 2.34. The standard InChI is InChI=1S/C17H31N3O/c1-3-5-7-9-11-17(16(18)21,12-10-8-6-4-2)15-13-19-14-20-15/h13-14H,3-12H2,1-2H3,(H2,18,21)(H,19,20). The number of amides is 1. The van der Waals surface area contributed by atoms with Gasteiger partial charge in [-0.15, -0.1) is 0 Å². The smallest absolute Gasteiger partial charge is 0.229 e. The highest BCUT2D eigenvalue weighted by molar-refractivity contribution is 5.86. The van der Waals surface area contributed by atoms with E-state index >= 15 is 0 Å². The first-order valence-corrected chi connectivity index (χ1v) is 8.46. The van der Waals surface area contributed by atoms with Crippen LogP contribution in [0.25, 0.3) is 0 Å². The Hall–Kier alpha value is -1.32. The maximum absolute atomic E-state index is 12.2. The molecule has 0 atom stereocenters. The van der Waals surface area contributed by atoms with E-state index in [9.17, 15) is 4.79 Å². The number of carbonyl (C=O) groups is 1. The molecule has 1 rings (SSSR count). The summed E-state index contributed by atoms with van der Waals surface area (Å²) in [5, 5.41) is 0. The molecule has 4 heteroatoms. The van der Waals surface area contributed by atoms with Gasteiger partial charge in [0.1, 0.15) is 0 Å². The number of nitrogens with zero attached hydrogens (tertiary/aromatic N) is 1. The minimum atomic E-state index is -0.558. The molecule has 21 heavy (non-hydrogen) atoms. The lowest BCUT2D eigenvalue weighted by atomic mass is 9.74. The van der Waals surface area contributed by atoms with Crippen molar-refractivity contribution in [1.82, 2.24) is 9.97 Å². The van der Waals surface area contributed by atoms with Crippen LogP contribution in [0.15, 0.2) is 12.5 Å². The number of unbranched alkanes of at least 4 members (excludes halogenated alkanes) is 6. The Labute approximate surface area is 128 Å². The molecular formula is C17H31N3O. The van der Waals surface area contributed by atoms with Crippen molar-refractivity contribution in [2.75, 3.05) is 0 Å². The van der Waals surface area contributed by atoms with Gasteiger partial charge in [0.2, 0.25) is 5.91 Å². The lowest BCUT2D eigenvalue weighted by molar-refractivity contribution is -0.124. The number of carbonyl (C=O) groups excluding carboxylic acids is 1. The number of aromatic amines is 1. The summed E-state index contributed by atoms with van der Waals surface area (Å²) < 4.78 is 0. The fraction of sp³-hybridized carbons (Fsp3) is 0.765. The van der Waals surface area contributed by atoms with Crippen LogP contribution in [0.5, 0.6) is 0 Å². The maximum atomic E-state index is 12.2. The highest BCUT2D eigenvalue weighted by atomic mass is 16.1. The molecule has 1 aromatic rings. The molecule has 0 saturated carbocycles. The molecule has 1 aromatic heterocycles. The van der Waals surface area contributed by atoms with Gasteiger partial charge in [-0.25, -0.2) is 4.98 Å². The first-order chi connectivity index (χ1) is 10.2. The molecule has 1 amide bonds. The molecule has 0 fully saturated rings. The van der Waals surface area contributed by atoms with Crippen molar-refractivity contribution in [1.29, 1.82) is 0 Å². The van der Waals surface area contributed by atoms with Crippen LogP contribution in [0.4, 0.5) is 0 Å². The van der Waals surface area contributed by atoms with Gasteiger partial charge >= 0.3 is 0 Å². The van der Waals surface area contributed by atoms with Crippen LogP contribution in [-0.4, -0.2) is 15.9 Å². The van der Waals surface area contributed by atoms with Gasteiger partial charge in [-0.3, -0.25) is 4.79 Å². The molecule has 0 saturated heterocycles. The summed E-state index contributed by atoms with van der Waals surface area (Å²) >= 11 is 0. The van der Waals surface area contributed by atoms with E-state index in [1.165, 1.54) is 25.7 Å². The van der Waals surface area contributed by atoms with Crippen LogP contribution in [0.2, 0.25) is 0 Å². The number of primary amides is 1. The predicted octanol–water partition coefficient (Wildman–Crippen LogP) is 4.07. The number of hydrogen-bond donors (Lipinski definition) is 2. The van der Waals surface area contributed by atoms with Gasteiger partial charge in [0.15, 0.2) is 0 Å². The molecule has 0 aliphatic carbocycles. The second-order valence-corrected chi connectivity index (χ2v) is 6.03. The fourth-order valence-electron chi connectivity index (χ4n) is 3.00. The third-order valence-electron chi connectivity index (χ3n) is 4.40. The average Bonchev–Trinajstić information content (AvgIpc) is 3.00. The van der Waals surface area contributed by atoms with E-state index in [0.29, 0.717) is 0 Å². The van der Waals surface area contributed by atoms with Crippen LogP contribution in [0.1, 0.15) is 83.7 Å². The normalized spacial score (nSPS) is 11.7. The summed E-state index contributed by atoms with van der Waals surface area (Å²) in [4.78, 5) is 19.4. The van der Waals surface area contributed by atoms with Gasteiger partial charge in [0.25, 0.3) is 0 Å². The summed E-state index contributed by atoms with van der Waals surface area (Å²) in [6.07, 6.45) is 14.3. The van der Waals surface area contributed by atoms with Gasteiger partial charge in [-0.2, -0.15) is 0 Å². The Kier molecular flexibility index (Phi) is 8.09. The minimum Gasteiger partial charge on any atom is -0.369 e. The van der Waals surface area contributed by atoms with Crippen LogP contribution in [0, 0.1) is 0 Å². The number of imidazole rings is 1. The third-order valence-corrected chi connectivity index (χ3v) is 4.40. The Bertz CT molecular complexity index is 375. The Morgan fingerprint density at radius 2 is 1.67 bits per heavy atom. The lowest BCUT2D eigenvalue weighted by Gasteiger charge is -2.29. The maximum Gasteiger partial charge on any atom is 0.229 e. The molecule has 0 bridgehead atoms. The van der Waals surface area contributed by atoms with Crippen molar-refractivity contribution in [3.05, 3.63) is 18.2 Å². The molecule has 1 heterocycles. The Morgan fingerprint density at radius 3 is 2.05 bits per heavy atom. The topological polar surface area (TPSA) is 71.8 Å². The second kappa shape index (κ2) is 9.59. The van der Waals surface area contributed by atoms with Gasteiger partial charge in [0, 0.05) is 6.20 Å². The summed E-state index contributed by atoms with van der Waals surface area (Å²) in [7, 11) is 0. The van der Waals surface area contributed by atoms with Crippen molar-refractivity contribution < 1.29 is 4.79 Å². The van der Waals surface area contributed by atoms with Crippen molar-refractivity contribution in [3.63, 3.8) is 0 Å². The van der Waals surface area contributed by atoms with E-state index in [1.54, 1.807) is 12.5 Å². The van der Waals surface area contributed by atoms with Gasteiger partial charge < -0.3 is 10.7 Å². The van der Waals surface area contributed by atoms with Crippen LogP contribution in [-0.2, 0) is 10.2 Å². The molecule has 0 aromatic carbocycles. The Morgan fingerprint density at radius 1 is 1.10 bits per heavy atom. The lowest BCUT2D eigenvalue weighted by Crippen LogP contribution is -2.41. The summed E-state index contributed by atoms with van der Waals surface area (Å²) in [6.45, 7) is 4.39. The number of nitrogens with two attached hydrogens (primary N) is 1. The van der Waals surface area contributed by atoms with Crippen molar-refractivity contribution in [2.24, 2.45) is 5.73 Å². The third kappa shape index (κ3) is 5.18. The molecule has 0 aliphatic rings. The zero-order valence-electron chi connectivity index (χ0n) is 13.7. The quantitative estimate of drug-likeness (QED) is 0.570. The minimum absolute atomic E-state index is 0.209. The van der Waals surface area contributed by atoms with Gasteiger partial charge in [-0.05, 0) is 12.8 Å². The van der Waals surface area contributed by atoms with E-state index in [1.807, 2.05) is 0 Å². The predicted molar refractivity (Wildman–Crippen MR) is 87.0 cm³/mol. The van der Waals surface area contributed by atoms with Crippen molar-refractivity contribution in [2.45, 2.75) is 83.5 Å². The van der Waals surface area contributed by atoms with Gasteiger partial charge in [-0.1, -0.05) is 65.2 Å². The first-order valence-electron chi connectivity index (χ1n) is 8.46. The number of aromatic nitrogens is 2.